The van der Waals surface area contributed by atoms with Crippen LogP contribution in [0.1, 0.15) is 28.9 Å². The molecule has 0 fully saturated rings. The first kappa shape index (κ1) is 18.9. The van der Waals surface area contributed by atoms with Gasteiger partial charge in [-0.25, -0.2) is 17.9 Å². The first-order valence-corrected chi connectivity index (χ1v) is 9.13. The summed E-state index contributed by atoms with van der Waals surface area (Å²) in [5.74, 6) is -1.22. The number of anilines is 1. The number of nitrogens with one attached hydrogen (secondary N) is 2. The minimum Gasteiger partial charge on any atom is -0.478 e. The number of aliphatic hydroxyl groups is 1. The molecule has 0 aliphatic heterocycles. The van der Waals surface area contributed by atoms with Gasteiger partial charge in [0.15, 0.2) is 0 Å². The second-order valence-electron chi connectivity index (χ2n) is 5.41. The smallest absolute Gasteiger partial charge is 0.335 e. The number of aromatic carboxylic acids is 1. The van der Waals surface area contributed by atoms with Crippen molar-refractivity contribution < 1.29 is 23.4 Å². The Morgan fingerprint density at radius 1 is 1.16 bits per heavy atom. The molecule has 2 rings (SSSR count). The van der Waals surface area contributed by atoms with Crippen LogP contribution in [-0.2, 0) is 10.0 Å². The van der Waals surface area contributed by atoms with Gasteiger partial charge in [0, 0.05) is 12.6 Å². The molecule has 2 aromatic rings. The molecule has 8 heteroatoms. The standard InChI is InChI=1S/C17H20N2O5S/c1-12(13-5-3-2-4-6-13)19-15-8-7-14(17(21)22)11-16(15)25(23,24)18-9-10-20/h2-8,11-12,18-20H,9-10H2,1H3,(H,21,22). The quantitative estimate of drug-likeness (QED) is 0.568. The van der Waals surface area contributed by atoms with Crippen molar-refractivity contribution in [2.24, 2.45) is 0 Å². The van der Waals surface area contributed by atoms with Gasteiger partial charge in [0.05, 0.1) is 17.9 Å². The highest BCUT2D eigenvalue weighted by molar-refractivity contribution is 7.89. The van der Waals surface area contributed by atoms with Crippen LogP contribution in [-0.4, -0.2) is 37.8 Å². The zero-order chi connectivity index (χ0) is 18.4. The van der Waals surface area contributed by atoms with E-state index in [4.69, 9.17) is 10.2 Å². The van der Waals surface area contributed by atoms with Crippen molar-refractivity contribution in [3.05, 3.63) is 59.7 Å². The van der Waals surface area contributed by atoms with E-state index >= 15 is 0 Å². The van der Waals surface area contributed by atoms with E-state index in [2.05, 4.69) is 10.0 Å². The van der Waals surface area contributed by atoms with Crippen LogP contribution in [0.5, 0.6) is 0 Å². The van der Waals surface area contributed by atoms with E-state index in [9.17, 15) is 13.2 Å². The molecule has 1 unspecified atom stereocenters. The molecule has 4 N–H and O–H groups in total. The van der Waals surface area contributed by atoms with E-state index in [0.29, 0.717) is 0 Å². The predicted molar refractivity (Wildman–Crippen MR) is 94.2 cm³/mol. The number of aliphatic hydroxyl groups excluding tert-OH is 1. The molecule has 0 heterocycles. The molecule has 0 aromatic heterocycles. The van der Waals surface area contributed by atoms with Crippen LogP contribution in [0.4, 0.5) is 5.69 Å². The maximum atomic E-state index is 12.4. The monoisotopic (exact) mass is 364 g/mol. The van der Waals surface area contributed by atoms with Crippen molar-refractivity contribution in [1.29, 1.82) is 0 Å². The Morgan fingerprint density at radius 3 is 2.44 bits per heavy atom. The second kappa shape index (κ2) is 8.11. The molecule has 0 radical (unpaired) electrons. The fourth-order valence-electron chi connectivity index (χ4n) is 2.31. The van der Waals surface area contributed by atoms with Gasteiger partial charge in [-0.1, -0.05) is 30.3 Å². The first-order chi connectivity index (χ1) is 11.8. The van der Waals surface area contributed by atoms with Gasteiger partial charge >= 0.3 is 5.97 Å². The number of hydrogen-bond acceptors (Lipinski definition) is 5. The molecule has 0 spiro atoms. The summed E-state index contributed by atoms with van der Waals surface area (Å²) in [6.45, 7) is 1.35. The Morgan fingerprint density at radius 2 is 1.84 bits per heavy atom. The Balaban J connectivity index is 2.41. The lowest BCUT2D eigenvalue weighted by Crippen LogP contribution is -2.28. The molecule has 2 aromatic carbocycles. The lowest BCUT2D eigenvalue weighted by molar-refractivity contribution is 0.0696. The summed E-state index contributed by atoms with van der Waals surface area (Å²) in [5, 5.41) is 21.1. The topological polar surface area (TPSA) is 116 Å². The summed E-state index contributed by atoms with van der Waals surface area (Å²) in [6, 6.07) is 13.1. The molecule has 0 aliphatic carbocycles. The van der Waals surface area contributed by atoms with Crippen LogP contribution in [0.3, 0.4) is 0 Å². The highest BCUT2D eigenvalue weighted by atomic mass is 32.2. The van der Waals surface area contributed by atoms with Crippen molar-refractivity contribution in [2.45, 2.75) is 17.9 Å². The van der Waals surface area contributed by atoms with Gasteiger partial charge in [0.2, 0.25) is 10.0 Å². The molecule has 0 bridgehead atoms. The van der Waals surface area contributed by atoms with Gasteiger partial charge in [0.25, 0.3) is 0 Å². The Labute approximate surface area is 146 Å². The Bertz CT molecular complexity index is 837. The maximum absolute atomic E-state index is 12.4. The summed E-state index contributed by atoms with van der Waals surface area (Å²) in [5.41, 5.74) is 1.10. The van der Waals surface area contributed by atoms with Crippen LogP contribution in [0, 0.1) is 0 Å². The number of hydrogen-bond donors (Lipinski definition) is 4. The van der Waals surface area contributed by atoms with Gasteiger partial charge < -0.3 is 15.5 Å². The molecule has 0 saturated heterocycles. The zero-order valence-corrected chi connectivity index (χ0v) is 14.5. The molecular weight excluding hydrogens is 344 g/mol. The van der Waals surface area contributed by atoms with E-state index in [0.717, 1.165) is 11.6 Å². The third kappa shape index (κ3) is 4.79. The van der Waals surface area contributed by atoms with E-state index < -0.39 is 16.0 Å². The second-order valence-corrected chi connectivity index (χ2v) is 7.15. The van der Waals surface area contributed by atoms with Gasteiger partial charge in [-0.2, -0.15) is 0 Å². The Kier molecular flexibility index (Phi) is 6.13. The number of sulfonamides is 1. The minimum absolute atomic E-state index is 0.137. The highest BCUT2D eigenvalue weighted by Crippen LogP contribution is 2.27. The fraction of sp³-hybridized carbons (Fsp3) is 0.235. The van der Waals surface area contributed by atoms with Crippen molar-refractivity contribution in [3.63, 3.8) is 0 Å². The number of carboxylic acids is 1. The van der Waals surface area contributed by atoms with Crippen molar-refractivity contribution in [1.82, 2.24) is 4.72 Å². The average molecular weight is 364 g/mol. The van der Waals surface area contributed by atoms with E-state index in [1.54, 1.807) is 0 Å². The van der Waals surface area contributed by atoms with Gasteiger partial charge in [-0.05, 0) is 30.7 Å². The number of rotatable bonds is 8. The molecular formula is C17H20N2O5S. The number of carbonyl (C=O) groups is 1. The van der Waals surface area contributed by atoms with Crippen LogP contribution in [0.15, 0.2) is 53.4 Å². The van der Waals surface area contributed by atoms with E-state index in [1.807, 2.05) is 37.3 Å². The van der Waals surface area contributed by atoms with Crippen LogP contribution in [0.25, 0.3) is 0 Å². The van der Waals surface area contributed by atoms with Gasteiger partial charge in [-0.15, -0.1) is 0 Å². The zero-order valence-electron chi connectivity index (χ0n) is 13.6. The van der Waals surface area contributed by atoms with Crippen LogP contribution in [0.2, 0.25) is 0 Å². The van der Waals surface area contributed by atoms with Crippen LogP contribution >= 0.6 is 0 Å². The summed E-state index contributed by atoms with van der Waals surface area (Å²) in [6.07, 6.45) is 0. The molecule has 0 amide bonds. The number of benzene rings is 2. The predicted octanol–water partition coefficient (Wildman–Crippen LogP) is 1.83. The molecule has 0 saturated carbocycles. The third-order valence-electron chi connectivity index (χ3n) is 3.59. The Hall–Kier alpha value is -2.42. The van der Waals surface area contributed by atoms with Crippen LogP contribution < -0.4 is 10.0 Å². The lowest BCUT2D eigenvalue weighted by Gasteiger charge is -2.19. The molecule has 7 nitrogen and oxygen atoms in total. The third-order valence-corrected chi connectivity index (χ3v) is 5.09. The molecule has 1 atom stereocenters. The fourth-order valence-corrected chi connectivity index (χ4v) is 3.53. The summed E-state index contributed by atoms with van der Waals surface area (Å²) >= 11 is 0. The van der Waals surface area contributed by atoms with Crippen molar-refractivity contribution in [3.8, 4) is 0 Å². The molecule has 25 heavy (non-hydrogen) atoms. The summed E-state index contributed by atoms with van der Waals surface area (Å²) in [7, 11) is -3.97. The normalized spacial score (nSPS) is 12.6. The minimum atomic E-state index is -3.97. The lowest BCUT2D eigenvalue weighted by atomic mass is 10.1. The largest absolute Gasteiger partial charge is 0.478 e. The van der Waals surface area contributed by atoms with E-state index in [-0.39, 0.29) is 35.3 Å². The number of carboxylic acid groups (broad SMARTS) is 1. The SMILES string of the molecule is CC(Nc1ccc(C(=O)O)cc1S(=O)(=O)NCCO)c1ccccc1. The molecule has 134 valence electrons. The average Bonchev–Trinajstić information content (AvgIpc) is 2.60. The van der Waals surface area contributed by atoms with Crippen molar-refractivity contribution in [2.75, 3.05) is 18.5 Å². The first-order valence-electron chi connectivity index (χ1n) is 7.64. The maximum Gasteiger partial charge on any atom is 0.335 e. The van der Waals surface area contributed by atoms with Gasteiger partial charge in [-0.3, -0.25) is 0 Å². The summed E-state index contributed by atoms with van der Waals surface area (Å²) in [4.78, 5) is 11.0. The van der Waals surface area contributed by atoms with Gasteiger partial charge in [0.1, 0.15) is 4.90 Å². The molecule has 0 aliphatic rings. The highest BCUT2D eigenvalue weighted by Gasteiger charge is 2.21. The van der Waals surface area contributed by atoms with E-state index in [1.165, 1.54) is 12.1 Å². The van der Waals surface area contributed by atoms with Crippen molar-refractivity contribution >= 4 is 21.7 Å². The summed E-state index contributed by atoms with van der Waals surface area (Å²) < 4.78 is 27.1.